The van der Waals surface area contributed by atoms with Gasteiger partial charge >= 0.3 is 0 Å². The number of fused-ring (bicyclic) bond motifs is 2. The van der Waals surface area contributed by atoms with Crippen LogP contribution in [0.3, 0.4) is 0 Å². The van der Waals surface area contributed by atoms with Gasteiger partial charge in [0.25, 0.3) is 0 Å². The average molecular weight is 709 g/mol. The minimum absolute atomic E-state index is 0.194. The molecule has 0 N–H and O–H groups in total. The Labute approximate surface area is 299 Å². The summed E-state index contributed by atoms with van der Waals surface area (Å²) >= 11 is 19.1. The maximum Gasteiger partial charge on any atom is 0.146 e. The van der Waals surface area contributed by atoms with Gasteiger partial charge in [-0.1, -0.05) is 109 Å². The smallest absolute Gasteiger partial charge is 0.146 e. The van der Waals surface area contributed by atoms with E-state index >= 15 is 0 Å². The first-order chi connectivity index (χ1) is 23.7. The summed E-state index contributed by atoms with van der Waals surface area (Å²) in [7, 11) is 0. The minimum atomic E-state index is 0.194. The highest BCUT2D eigenvalue weighted by Crippen LogP contribution is 2.40. The number of imidazole rings is 2. The zero-order valence-corrected chi connectivity index (χ0v) is 28.7. The molecule has 8 heteroatoms. The van der Waals surface area contributed by atoms with Crippen LogP contribution < -0.4 is 0 Å². The van der Waals surface area contributed by atoms with Gasteiger partial charge in [0.1, 0.15) is 11.6 Å². The lowest BCUT2D eigenvalue weighted by Gasteiger charge is -2.16. The maximum atomic E-state index is 5.19. The van der Waals surface area contributed by atoms with Crippen LogP contribution in [-0.2, 0) is 0 Å². The molecule has 2 aromatic heterocycles. The third-order valence-electron chi connectivity index (χ3n) is 7.78. The normalized spacial score (nSPS) is 10.7. The summed E-state index contributed by atoms with van der Waals surface area (Å²) in [5, 5.41) is 0.389. The number of halogens is 4. The molecule has 8 rings (SSSR count). The summed E-state index contributed by atoms with van der Waals surface area (Å²) in [4.78, 5) is 10.4. The molecule has 0 saturated heterocycles. The summed E-state index contributed by atoms with van der Waals surface area (Å²) < 4.78 is 4.52. The van der Waals surface area contributed by atoms with Gasteiger partial charge in [0, 0.05) is 22.5 Å². The van der Waals surface area contributed by atoms with E-state index in [2.05, 4.69) is 143 Å². The lowest BCUT2D eigenvalue weighted by atomic mass is 9.94. The summed E-state index contributed by atoms with van der Waals surface area (Å²) in [6, 6.07) is 54.7. The maximum absolute atomic E-state index is 5.19. The Kier molecular flexibility index (Phi) is 11.1. The van der Waals surface area contributed by atoms with E-state index in [4.69, 9.17) is 56.4 Å². The topological polar surface area (TPSA) is 35.6 Å². The zero-order chi connectivity index (χ0) is 33.3. The molecule has 0 aliphatic carbocycles. The van der Waals surface area contributed by atoms with Crippen molar-refractivity contribution in [1.82, 2.24) is 19.1 Å². The van der Waals surface area contributed by atoms with Crippen molar-refractivity contribution in [1.29, 1.82) is 0 Å². The molecule has 0 bridgehead atoms. The molecule has 0 unspecified atom stereocenters. The fourth-order valence-electron chi connectivity index (χ4n) is 5.92. The van der Waals surface area contributed by atoms with Gasteiger partial charge in [-0.15, -0.1) is 46.4 Å². The third kappa shape index (κ3) is 6.85. The van der Waals surface area contributed by atoms with Crippen LogP contribution in [0.1, 0.15) is 0 Å². The minimum Gasteiger partial charge on any atom is -0.292 e. The van der Waals surface area contributed by atoms with E-state index in [1.54, 1.807) is 0 Å². The molecule has 6 aromatic carbocycles. The molecule has 0 saturated carbocycles. The van der Waals surface area contributed by atoms with Crippen molar-refractivity contribution in [2.24, 2.45) is 0 Å². The molecule has 0 fully saturated rings. The highest BCUT2D eigenvalue weighted by Gasteiger charge is 2.21. The fourth-order valence-corrected chi connectivity index (χ4v) is 5.92. The summed E-state index contributed by atoms with van der Waals surface area (Å²) in [6.45, 7) is 0. The van der Waals surface area contributed by atoms with E-state index in [9.17, 15) is 0 Å². The number of alkyl halides is 4. The van der Waals surface area contributed by atoms with Crippen LogP contribution in [0.25, 0.3) is 67.3 Å². The van der Waals surface area contributed by atoms with Crippen molar-refractivity contribution in [2.45, 2.75) is 0 Å². The van der Waals surface area contributed by atoms with E-state index in [1.807, 2.05) is 24.3 Å². The molecule has 0 aliphatic rings. The molecule has 48 heavy (non-hydrogen) atoms. The molecule has 8 aromatic rings. The number of rotatable bonds is 5. The number of aromatic nitrogens is 4. The Balaban J connectivity index is 0.000000625. The second-order valence-electron chi connectivity index (χ2n) is 10.5. The molecule has 0 radical (unpaired) electrons. The molecular formula is C40H30Cl4N4. The summed E-state index contributed by atoms with van der Waals surface area (Å²) in [6.07, 6.45) is 0. The zero-order valence-electron chi connectivity index (χ0n) is 25.7. The SMILES string of the molecule is ClCCl.ClCCl.c1ccc(-n2c(-c3ccccc3-c3ccccc3-c3nc4ccccc4n3-c3ccccc3)nc3ccccc32)cc1. The molecule has 4 nitrogen and oxygen atoms in total. The van der Waals surface area contributed by atoms with Crippen molar-refractivity contribution in [3.05, 3.63) is 158 Å². The standard InChI is InChI=1S/C38H26N4.2CH2Cl2/c1-3-15-27(16-4-1)41-35-25-13-11-23-33(35)39-37(41)31-21-9-7-19-29(31)30-20-8-10-22-32(30)38-40-34-24-12-14-26-36(34)42(38)28-17-5-2-6-18-28;2*2-1-3/h1-26H;2*1H2. The highest BCUT2D eigenvalue weighted by molar-refractivity contribution is 6.41. The Morgan fingerprint density at radius 3 is 1.02 bits per heavy atom. The summed E-state index contributed by atoms with van der Waals surface area (Å²) in [5.41, 5.74) is 10.6. The van der Waals surface area contributed by atoms with Crippen molar-refractivity contribution in [2.75, 3.05) is 10.7 Å². The van der Waals surface area contributed by atoms with Crippen molar-refractivity contribution >= 4 is 68.5 Å². The van der Waals surface area contributed by atoms with Crippen LogP contribution in [-0.4, -0.2) is 29.8 Å². The van der Waals surface area contributed by atoms with Gasteiger partial charge in [0.05, 0.1) is 32.7 Å². The molecule has 0 aliphatic heterocycles. The Bertz CT molecular complexity index is 2080. The van der Waals surface area contributed by atoms with Gasteiger partial charge in [-0.2, -0.15) is 0 Å². The first-order valence-corrected chi connectivity index (χ1v) is 17.3. The van der Waals surface area contributed by atoms with E-state index in [1.165, 1.54) is 0 Å². The Morgan fingerprint density at radius 1 is 0.354 bits per heavy atom. The van der Waals surface area contributed by atoms with Gasteiger partial charge < -0.3 is 0 Å². The van der Waals surface area contributed by atoms with Crippen LogP contribution in [0.5, 0.6) is 0 Å². The van der Waals surface area contributed by atoms with Gasteiger partial charge in [-0.25, -0.2) is 9.97 Å². The second kappa shape index (κ2) is 16.0. The van der Waals surface area contributed by atoms with Gasteiger partial charge in [0.2, 0.25) is 0 Å². The van der Waals surface area contributed by atoms with Crippen molar-refractivity contribution < 1.29 is 0 Å². The van der Waals surface area contributed by atoms with Crippen LogP contribution in [0.4, 0.5) is 0 Å². The molecular weight excluding hydrogens is 678 g/mol. The van der Waals surface area contributed by atoms with Crippen molar-refractivity contribution in [3.8, 4) is 45.3 Å². The second-order valence-corrected chi connectivity index (χ2v) is 12.1. The number of para-hydroxylation sites is 6. The lowest BCUT2D eigenvalue weighted by molar-refractivity contribution is 1.10. The molecule has 2 heterocycles. The quantitative estimate of drug-likeness (QED) is 0.167. The van der Waals surface area contributed by atoms with Crippen LogP contribution in [0.15, 0.2) is 158 Å². The first-order valence-electron chi connectivity index (χ1n) is 15.2. The number of hydrogen-bond donors (Lipinski definition) is 0. The molecule has 0 amide bonds. The van der Waals surface area contributed by atoms with E-state index in [-0.39, 0.29) is 10.7 Å². The van der Waals surface area contributed by atoms with Crippen LogP contribution >= 0.6 is 46.4 Å². The average Bonchev–Trinajstić information content (AvgIpc) is 3.72. The number of benzene rings is 6. The monoisotopic (exact) mass is 706 g/mol. The molecule has 0 atom stereocenters. The fraction of sp³-hybridized carbons (Fsp3) is 0.0500. The van der Waals surface area contributed by atoms with Crippen LogP contribution in [0, 0.1) is 0 Å². The predicted octanol–water partition coefficient (Wildman–Crippen LogP) is 12.2. The van der Waals surface area contributed by atoms with E-state index in [0.717, 1.165) is 67.3 Å². The number of nitrogens with zero attached hydrogens (tertiary/aromatic N) is 4. The van der Waals surface area contributed by atoms with Gasteiger partial charge in [-0.3, -0.25) is 9.13 Å². The van der Waals surface area contributed by atoms with Gasteiger partial charge in [-0.05, 0) is 59.7 Å². The van der Waals surface area contributed by atoms with Gasteiger partial charge in [0.15, 0.2) is 0 Å². The lowest BCUT2D eigenvalue weighted by Crippen LogP contribution is -2.01. The predicted molar refractivity (Wildman–Crippen MR) is 205 cm³/mol. The van der Waals surface area contributed by atoms with E-state index in [0.29, 0.717) is 0 Å². The molecule has 0 spiro atoms. The molecule has 238 valence electrons. The number of hydrogen-bond acceptors (Lipinski definition) is 2. The highest BCUT2D eigenvalue weighted by atomic mass is 35.5. The van der Waals surface area contributed by atoms with Crippen LogP contribution in [0.2, 0.25) is 0 Å². The largest absolute Gasteiger partial charge is 0.292 e. The first kappa shape index (κ1) is 33.3. The summed E-state index contributed by atoms with van der Waals surface area (Å²) in [5.74, 6) is 1.81. The third-order valence-corrected chi connectivity index (χ3v) is 7.78. The Hall–Kier alpha value is -4.58. The van der Waals surface area contributed by atoms with E-state index < -0.39 is 0 Å². The van der Waals surface area contributed by atoms with Crippen molar-refractivity contribution in [3.63, 3.8) is 0 Å². The Morgan fingerprint density at radius 2 is 0.646 bits per heavy atom.